The van der Waals surface area contributed by atoms with Gasteiger partial charge in [0.25, 0.3) is 0 Å². The number of thiazole rings is 1. The number of amides is 1. The largest absolute Gasteiger partial charge is 0.338 e. The summed E-state index contributed by atoms with van der Waals surface area (Å²) in [5.74, 6) is 1.12. The molecule has 0 fully saturated rings. The van der Waals surface area contributed by atoms with Crippen LogP contribution < -0.4 is 9.80 Å². The van der Waals surface area contributed by atoms with Crippen LogP contribution >= 0.6 is 23.1 Å². The molecule has 0 saturated carbocycles. The molecule has 1 amide bonds. The number of hydrogen-bond acceptors (Lipinski definition) is 4. The Morgan fingerprint density at radius 1 is 1.11 bits per heavy atom. The molecule has 3 aromatic rings. The number of aromatic nitrogens is 1. The van der Waals surface area contributed by atoms with Crippen LogP contribution in [0, 0.1) is 0 Å². The highest BCUT2D eigenvalue weighted by molar-refractivity contribution is 7.99. The molecular weight excluding hydrogens is 374 g/mol. The zero-order valence-electron chi connectivity index (χ0n) is 15.9. The van der Waals surface area contributed by atoms with E-state index < -0.39 is 0 Å². The second-order valence-electron chi connectivity index (χ2n) is 6.73. The standard InChI is InChI=1S/C21H25N3OS2/c1-23(2)14-15-24(21-22-18-11-6-7-12-19(18)27-21)20(25)13-8-16-26-17-9-4-3-5-10-17/h3-7,9-12H,8,13-16H2,1-2H3/p+1. The predicted octanol–water partition coefficient (Wildman–Crippen LogP) is 3.35. The molecule has 27 heavy (non-hydrogen) atoms. The lowest BCUT2D eigenvalue weighted by molar-refractivity contribution is -0.856. The Morgan fingerprint density at radius 2 is 1.85 bits per heavy atom. The van der Waals surface area contributed by atoms with Crippen molar-refractivity contribution in [2.24, 2.45) is 0 Å². The number of carbonyl (C=O) groups is 1. The molecule has 4 nitrogen and oxygen atoms in total. The number of benzene rings is 2. The van der Waals surface area contributed by atoms with E-state index in [2.05, 4.69) is 32.3 Å². The number of likely N-dealkylation sites (N-methyl/N-ethyl adjacent to an activating group) is 1. The Hall–Kier alpha value is -1.89. The molecule has 1 heterocycles. The molecule has 3 rings (SSSR count). The third-order valence-corrected chi connectivity index (χ3v) is 6.35. The minimum Gasteiger partial charge on any atom is -0.338 e. The smallest absolute Gasteiger partial charge is 0.229 e. The lowest BCUT2D eigenvalue weighted by atomic mass is 10.3. The van der Waals surface area contributed by atoms with Crippen molar-refractivity contribution in [3.63, 3.8) is 0 Å². The fourth-order valence-electron chi connectivity index (χ4n) is 2.70. The summed E-state index contributed by atoms with van der Waals surface area (Å²) in [4.78, 5) is 22.1. The minimum atomic E-state index is 0.170. The van der Waals surface area contributed by atoms with Crippen LogP contribution in [-0.2, 0) is 4.79 Å². The highest BCUT2D eigenvalue weighted by atomic mass is 32.2. The number of nitrogens with one attached hydrogen (secondary N) is 1. The molecular formula is C21H26N3OS2+. The summed E-state index contributed by atoms with van der Waals surface area (Å²) < 4.78 is 1.13. The number of carbonyl (C=O) groups excluding carboxylic acids is 1. The summed E-state index contributed by atoms with van der Waals surface area (Å²) in [5.41, 5.74) is 0.965. The van der Waals surface area contributed by atoms with Crippen molar-refractivity contribution < 1.29 is 9.69 Å². The first-order chi connectivity index (χ1) is 13.1. The molecule has 2 aromatic carbocycles. The normalized spacial score (nSPS) is 11.2. The maximum Gasteiger partial charge on any atom is 0.229 e. The third kappa shape index (κ3) is 5.79. The highest BCUT2D eigenvalue weighted by Crippen LogP contribution is 2.29. The van der Waals surface area contributed by atoms with Gasteiger partial charge >= 0.3 is 0 Å². The van der Waals surface area contributed by atoms with E-state index in [1.807, 2.05) is 41.3 Å². The zero-order valence-corrected chi connectivity index (χ0v) is 17.5. The van der Waals surface area contributed by atoms with Gasteiger partial charge < -0.3 is 4.90 Å². The van der Waals surface area contributed by atoms with Crippen LogP contribution in [0.2, 0.25) is 0 Å². The highest BCUT2D eigenvalue weighted by Gasteiger charge is 2.20. The number of hydrogen-bond donors (Lipinski definition) is 1. The number of para-hydroxylation sites is 1. The van der Waals surface area contributed by atoms with Crippen molar-refractivity contribution in [3.8, 4) is 0 Å². The molecule has 0 radical (unpaired) electrons. The van der Waals surface area contributed by atoms with E-state index in [-0.39, 0.29) is 5.91 Å². The quantitative estimate of drug-likeness (QED) is 0.442. The zero-order chi connectivity index (χ0) is 19.1. The van der Waals surface area contributed by atoms with Crippen LogP contribution in [0.4, 0.5) is 5.13 Å². The lowest BCUT2D eigenvalue weighted by Gasteiger charge is -2.20. The monoisotopic (exact) mass is 400 g/mol. The third-order valence-electron chi connectivity index (χ3n) is 4.20. The van der Waals surface area contributed by atoms with Crippen LogP contribution in [-0.4, -0.2) is 43.8 Å². The molecule has 1 aromatic heterocycles. The fraction of sp³-hybridized carbons (Fsp3) is 0.333. The molecule has 0 unspecified atom stereocenters. The van der Waals surface area contributed by atoms with E-state index in [0.29, 0.717) is 13.0 Å². The Bertz CT molecular complexity index is 831. The van der Waals surface area contributed by atoms with Crippen molar-refractivity contribution in [2.45, 2.75) is 17.7 Å². The second kappa shape index (κ2) is 9.88. The van der Waals surface area contributed by atoms with E-state index in [1.54, 1.807) is 23.1 Å². The summed E-state index contributed by atoms with van der Waals surface area (Å²) in [6, 6.07) is 18.4. The molecule has 1 N–H and O–H groups in total. The van der Waals surface area contributed by atoms with Crippen LogP contribution in [0.3, 0.4) is 0 Å². The van der Waals surface area contributed by atoms with Gasteiger partial charge in [0.2, 0.25) is 5.91 Å². The molecule has 0 saturated heterocycles. The van der Waals surface area contributed by atoms with Crippen molar-refractivity contribution in [2.75, 3.05) is 37.8 Å². The van der Waals surface area contributed by atoms with Crippen molar-refractivity contribution >= 4 is 44.4 Å². The molecule has 0 atom stereocenters. The molecule has 0 spiro atoms. The first-order valence-electron chi connectivity index (χ1n) is 9.26. The van der Waals surface area contributed by atoms with Crippen LogP contribution in [0.1, 0.15) is 12.8 Å². The second-order valence-corrected chi connectivity index (χ2v) is 8.91. The Balaban J connectivity index is 1.62. The SMILES string of the molecule is C[NH+](C)CCN(C(=O)CCCSc1ccccc1)c1nc2ccccc2s1. The number of nitrogens with zero attached hydrogens (tertiary/aromatic N) is 2. The van der Waals surface area contributed by atoms with E-state index in [1.165, 1.54) is 9.80 Å². The first kappa shape index (κ1) is 19.9. The van der Waals surface area contributed by atoms with Gasteiger partial charge in [-0.2, -0.15) is 0 Å². The summed E-state index contributed by atoms with van der Waals surface area (Å²) in [5, 5.41) is 0.818. The van der Waals surface area contributed by atoms with Crippen molar-refractivity contribution in [1.82, 2.24) is 4.98 Å². The number of thioether (sulfide) groups is 1. The average Bonchev–Trinajstić information content (AvgIpc) is 3.09. The van der Waals surface area contributed by atoms with E-state index in [4.69, 9.17) is 4.98 Å². The van der Waals surface area contributed by atoms with Gasteiger partial charge in [-0.15, -0.1) is 11.8 Å². The predicted molar refractivity (Wildman–Crippen MR) is 116 cm³/mol. The van der Waals surface area contributed by atoms with Crippen molar-refractivity contribution in [1.29, 1.82) is 0 Å². The van der Waals surface area contributed by atoms with Gasteiger partial charge in [0.05, 0.1) is 37.4 Å². The summed E-state index contributed by atoms with van der Waals surface area (Å²) in [7, 11) is 4.22. The van der Waals surface area contributed by atoms with Crippen molar-refractivity contribution in [3.05, 3.63) is 54.6 Å². The molecule has 6 heteroatoms. The fourth-order valence-corrected chi connectivity index (χ4v) is 4.59. The van der Waals surface area contributed by atoms with Gasteiger partial charge in [-0.25, -0.2) is 4.98 Å². The van der Waals surface area contributed by atoms with E-state index in [9.17, 15) is 4.79 Å². The Kier molecular flexibility index (Phi) is 7.26. The number of rotatable bonds is 9. The topological polar surface area (TPSA) is 37.6 Å². The van der Waals surface area contributed by atoms with Gasteiger partial charge in [-0.3, -0.25) is 9.69 Å². The van der Waals surface area contributed by atoms with Gasteiger partial charge in [-0.05, 0) is 36.4 Å². The number of quaternary nitrogens is 1. The first-order valence-corrected chi connectivity index (χ1v) is 11.1. The lowest BCUT2D eigenvalue weighted by Crippen LogP contribution is -3.06. The Morgan fingerprint density at radius 3 is 2.59 bits per heavy atom. The van der Waals surface area contributed by atoms with Gasteiger partial charge in [-0.1, -0.05) is 41.7 Å². The van der Waals surface area contributed by atoms with Gasteiger partial charge in [0.15, 0.2) is 5.13 Å². The van der Waals surface area contributed by atoms with Crippen LogP contribution in [0.25, 0.3) is 10.2 Å². The van der Waals surface area contributed by atoms with Crippen LogP contribution in [0.5, 0.6) is 0 Å². The molecule has 0 aliphatic heterocycles. The number of anilines is 1. The summed E-state index contributed by atoms with van der Waals surface area (Å²) >= 11 is 3.41. The molecule has 0 bridgehead atoms. The maximum absolute atomic E-state index is 12.9. The minimum absolute atomic E-state index is 0.170. The van der Waals surface area contributed by atoms with E-state index >= 15 is 0 Å². The molecule has 0 aliphatic rings. The average molecular weight is 401 g/mol. The summed E-state index contributed by atoms with van der Waals surface area (Å²) in [6.07, 6.45) is 1.42. The summed E-state index contributed by atoms with van der Waals surface area (Å²) in [6.45, 7) is 1.60. The maximum atomic E-state index is 12.9. The molecule has 0 aliphatic carbocycles. The van der Waals surface area contributed by atoms with Gasteiger partial charge in [0, 0.05) is 11.3 Å². The van der Waals surface area contributed by atoms with E-state index in [0.717, 1.165) is 34.1 Å². The number of fused-ring (bicyclic) bond motifs is 1. The van der Waals surface area contributed by atoms with Gasteiger partial charge in [0.1, 0.15) is 0 Å². The molecule has 142 valence electrons. The van der Waals surface area contributed by atoms with Crippen LogP contribution in [0.15, 0.2) is 59.5 Å². The Labute approximate surface area is 169 Å².